The van der Waals surface area contributed by atoms with Crippen LogP contribution in [0.15, 0.2) is 108 Å². The molecule has 0 saturated heterocycles. The fourth-order valence-corrected chi connectivity index (χ4v) is 5.84. The molecule has 212 valence electrons. The molecule has 0 aromatic heterocycles. The molecular weight excluding hydrogens is 526 g/mol. The number of Topliss-reactive ketones (excluding diaryl/α,β-unsaturated/α-hetero) is 1. The van der Waals surface area contributed by atoms with E-state index in [2.05, 4.69) is 21.6 Å². The van der Waals surface area contributed by atoms with E-state index in [-0.39, 0.29) is 23.8 Å². The molecule has 2 N–H and O–H groups in total. The first-order chi connectivity index (χ1) is 20.4. The van der Waals surface area contributed by atoms with Gasteiger partial charge in [-0.3, -0.25) is 14.4 Å². The summed E-state index contributed by atoms with van der Waals surface area (Å²) in [6.07, 6.45) is 7.93. The second-order valence-electron chi connectivity index (χ2n) is 10.9. The van der Waals surface area contributed by atoms with Crippen molar-refractivity contribution in [2.75, 3.05) is 11.9 Å². The Morgan fingerprint density at radius 2 is 1.74 bits per heavy atom. The molecule has 0 saturated carbocycles. The summed E-state index contributed by atoms with van der Waals surface area (Å²) in [4.78, 5) is 40.7. The third-order valence-corrected chi connectivity index (χ3v) is 7.94. The maximum atomic E-state index is 13.7. The highest BCUT2D eigenvalue weighted by Gasteiger charge is 2.33. The highest BCUT2D eigenvalue weighted by atomic mass is 16.5. The third-order valence-electron chi connectivity index (χ3n) is 7.94. The Morgan fingerprint density at radius 1 is 0.976 bits per heavy atom. The number of carbonyl (C=O) groups excluding carboxylic acids is 3. The minimum absolute atomic E-state index is 0.0544. The lowest BCUT2D eigenvalue weighted by molar-refractivity contribution is -0.146. The fourth-order valence-electron chi connectivity index (χ4n) is 5.84. The molecule has 2 unspecified atom stereocenters. The minimum atomic E-state index is -0.537. The van der Waals surface area contributed by atoms with E-state index < -0.39 is 6.04 Å². The number of nitrogens with one attached hydrogen (secondary N) is 2. The molecule has 6 rings (SSSR count). The number of hydrogen-bond acceptors (Lipinski definition) is 6. The molecule has 0 radical (unpaired) electrons. The van der Waals surface area contributed by atoms with Crippen LogP contribution in [-0.4, -0.2) is 41.3 Å². The summed E-state index contributed by atoms with van der Waals surface area (Å²) in [6, 6.07) is 22.1. The zero-order valence-corrected chi connectivity index (χ0v) is 23.7. The molecule has 3 aliphatic rings. The van der Waals surface area contributed by atoms with Gasteiger partial charge in [-0.05, 0) is 73.4 Å². The SMILES string of the molecule is CC(=O)OC1CCC2=C(C1)N1CC=CC1=CC(C(=O)c1ccc(NC(=O)c3ccccc3-c3ccc(C)cc3)cc1)N2. The molecule has 1 amide bonds. The first kappa shape index (κ1) is 27.3. The van der Waals surface area contributed by atoms with Crippen molar-refractivity contribution in [3.05, 3.63) is 125 Å². The van der Waals surface area contributed by atoms with E-state index >= 15 is 0 Å². The largest absolute Gasteiger partial charge is 0.462 e. The quantitative estimate of drug-likeness (QED) is 0.278. The number of nitrogens with zero attached hydrogens (tertiary/aromatic N) is 1. The summed E-state index contributed by atoms with van der Waals surface area (Å²) >= 11 is 0. The number of aryl methyl sites for hydroxylation is 1. The van der Waals surface area contributed by atoms with Crippen molar-refractivity contribution in [3.63, 3.8) is 0 Å². The number of rotatable bonds is 6. The number of hydrogen-bond donors (Lipinski definition) is 2. The summed E-state index contributed by atoms with van der Waals surface area (Å²) < 4.78 is 5.51. The van der Waals surface area contributed by atoms with Crippen molar-refractivity contribution < 1.29 is 19.1 Å². The summed E-state index contributed by atoms with van der Waals surface area (Å²) in [5.74, 6) is -0.539. The van der Waals surface area contributed by atoms with E-state index in [0.29, 0.717) is 36.1 Å². The van der Waals surface area contributed by atoms with Gasteiger partial charge in [0.1, 0.15) is 12.1 Å². The lowest BCUT2D eigenvalue weighted by Gasteiger charge is -2.32. The van der Waals surface area contributed by atoms with Crippen molar-refractivity contribution in [2.45, 2.75) is 45.3 Å². The molecule has 7 heteroatoms. The zero-order valence-electron chi connectivity index (χ0n) is 23.7. The average Bonchev–Trinajstić information content (AvgIpc) is 3.39. The molecule has 0 fully saturated rings. The number of amides is 1. The molecule has 0 spiro atoms. The molecule has 1 aliphatic carbocycles. The van der Waals surface area contributed by atoms with Crippen LogP contribution in [0.1, 0.15) is 52.5 Å². The molecule has 42 heavy (non-hydrogen) atoms. The second kappa shape index (κ2) is 11.5. The van der Waals surface area contributed by atoms with Gasteiger partial charge in [0, 0.05) is 53.8 Å². The minimum Gasteiger partial charge on any atom is -0.462 e. The first-order valence-electron chi connectivity index (χ1n) is 14.3. The monoisotopic (exact) mass is 559 g/mol. The topological polar surface area (TPSA) is 87.7 Å². The Hall–Kier alpha value is -4.91. The van der Waals surface area contributed by atoms with Crippen molar-refractivity contribution in [1.29, 1.82) is 0 Å². The number of ether oxygens (including phenoxy) is 1. The van der Waals surface area contributed by atoms with Gasteiger partial charge >= 0.3 is 5.97 Å². The number of benzene rings is 3. The third kappa shape index (κ3) is 5.63. The Morgan fingerprint density at radius 3 is 2.50 bits per heavy atom. The standard InChI is InChI=1S/C35H33N3O4/c1-22-9-11-24(12-10-22)29-7-3-4-8-30(29)35(41)36-26-15-13-25(14-16-26)34(40)32-20-27-6-5-19-38(27)33-21-28(42-23(2)39)17-18-31(33)37-32/h3-16,20,28,32,37H,17-19,21H2,1-2H3,(H,36,41). The maximum absolute atomic E-state index is 13.7. The number of anilines is 1. The zero-order chi connectivity index (χ0) is 29.2. The number of carbonyl (C=O) groups is 3. The Labute approximate surface area is 245 Å². The maximum Gasteiger partial charge on any atom is 0.302 e. The molecule has 3 aromatic rings. The van der Waals surface area contributed by atoms with Gasteiger partial charge in [-0.15, -0.1) is 0 Å². The number of esters is 1. The van der Waals surface area contributed by atoms with Crippen molar-refractivity contribution in [1.82, 2.24) is 10.2 Å². The van der Waals surface area contributed by atoms with Crippen molar-refractivity contribution >= 4 is 23.3 Å². The Kier molecular flexibility index (Phi) is 7.48. The second-order valence-corrected chi connectivity index (χ2v) is 10.9. The van der Waals surface area contributed by atoms with Crippen LogP contribution in [-0.2, 0) is 9.53 Å². The van der Waals surface area contributed by atoms with Crippen LogP contribution >= 0.6 is 0 Å². The van der Waals surface area contributed by atoms with E-state index in [9.17, 15) is 14.4 Å². The molecule has 2 aliphatic heterocycles. The van der Waals surface area contributed by atoms with Crippen LogP contribution in [0.3, 0.4) is 0 Å². The number of fused-ring (bicyclic) bond motifs is 2. The van der Waals surface area contributed by atoms with Crippen LogP contribution in [0, 0.1) is 6.92 Å². The predicted molar refractivity (Wildman–Crippen MR) is 163 cm³/mol. The smallest absolute Gasteiger partial charge is 0.302 e. The highest BCUT2D eigenvalue weighted by molar-refractivity contribution is 6.09. The lowest BCUT2D eigenvalue weighted by Crippen LogP contribution is -2.37. The molecule has 3 aromatic carbocycles. The van der Waals surface area contributed by atoms with Crippen LogP contribution in [0.5, 0.6) is 0 Å². The van der Waals surface area contributed by atoms with E-state index in [1.807, 2.05) is 67.6 Å². The van der Waals surface area contributed by atoms with Gasteiger partial charge in [-0.2, -0.15) is 0 Å². The summed E-state index contributed by atoms with van der Waals surface area (Å²) in [7, 11) is 0. The van der Waals surface area contributed by atoms with E-state index in [1.165, 1.54) is 6.92 Å². The van der Waals surface area contributed by atoms with Gasteiger partial charge < -0.3 is 20.3 Å². The fraction of sp³-hybridized carbons (Fsp3) is 0.229. The summed E-state index contributed by atoms with van der Waals surface area (Å²) in [6.45, 7) is 4.20. The summed E-state index contributed by atoms with van der Waals surface area (Å²) in [5, 5.41) is 6.46. The van der Waals surface area contributed by atoms with Crippen molar-refractivity contribution in [3.8, 4) is 11.1 Å². The van der Waals surface area contributed by atoms with Crippen molar-refractivity contribution in [2.24, 2.45) is 0 Å². The van der Waals surface area contributed by atoms with Gasteiger partial charge in [0.25, 0.3) is 5.91 Å². The first-order valence-corrected chi connectivity index (χ1v) is 14.3. The molecule has 7 nitrogen and oxygen atoms in total. The molecular formula is C35H33N3O4. The van der Waals surface area contributed by atoms with Gasteiger partial charge in [0.05, 0.1) is 0 Å². The Bertz CT molecular complexity index is 1630. The molecule has 2 heterocycles. The van der Waals surface area contributed by atoms with Crippen LogP contribution in [0.2, 0.25) is 0 Å². The van der Waals surface area contributed by atoms with Gasteiger partial charge in [0.2, 0.25) is 0 Å². The van der Waals surface area contributed by atoms with Crippen LogP contribution in [0.25, 0.3) is 11.1 Å². The predicted octanol–water partition coefficient (Wildman–Crippen LogP) is 6.15. The summed E-state index contributed by atoms with van der Waals surface area (Å²) in [5.41, 5.74) is 7.79. The van der Waals surface area contributed by atoms with Crippen LogP contribution < -0.4 is 10.6 Å². The van der Waals surface area contributed by atoms with E-state index in [4.69, 9.17) is 4.74 Å². The van der Waals surface area contributed by atoms with Gasteiger partial charge in [-0.1, -0.05) is 54.1 Å². The van der Waals surface area contributed by atoms with Crippen LogP contribution in [0.4, 0.5) is 5.69 Å². The molecule has 2 atom stereocenters. The number of ketones is 1. The normalized spacial score (nSPS) is 19.2. The Balaban J connectivity index is 1.18. The van der Waals surface area contributed by atoms with E-state index in [1.54, 1.807) is 24.3 Å². The lowest BCUT2D eigenvalue weighted by atomic mass is 9.96. The van der Waals surface area contributed by atoms with Gasteiger partial charge in [0.15, 0.2) is 5.78 Å². The number of allylic oxidation sites excluding steroid dienone is 2. The average molecular weight is 560 g/mol. The molecule has 0 bridgehead atoms. The van der Waals surface area contributed by atoms with E-state index in [0.717, 1.165) is 40.3 Å². The highest BCUT2D eigenvalue weighted by Crippen LogP contribution is 2.35. The van der Waals surface area contributed by atoms with Gasteiger partial charge in [-0.25, -0.2) is 0 Å².